The van der Waals surface area contributed by atoms with Crippen molar-refractivity contribution < 1.29 is 14.7 Å². The number of carbonyl (C=O) groups excluding carboxylic acids is 1. The van der Waals surface area contributed by atoms with E-state index in [2.05, 4.69) is 0 Å². The Bertz CT molecular complexity index is 195. The Morgan fingerprint density at radius 3 is 2.75 bits per heavy atom. The molecule has 0 spiro atoms. The molecule has 1 aliphatic rings. The number of amides is 1. The van der Waals surface area contributed by atoms with E-state index in [0.29, 0.717) is 13.1 Å². The van der Waals surface area contributed by atoms with Crippen molar-refractivity contribution in [2.75, 3.05) is 26.7 Å². The monoisotopic (exact) mass is 172 g/mol. The Morgan fingerprint density at radius 1 is 1.58 bits per heavy atom. The van der Waals surface area contributed by atoms with Gasteiger partial charge in [0, 0.05) is 19.6 Å². The van der Waals surface area contributed by atoms with Gasteiger partial charge in [-0.25, -0.2) is 4.79 Å². The van der Waals surface area contributed by atoms with E-state index in [9.17, 15) is 9.59 Å². The third-order valence-electron chi connectivity index (χ3n) is 2.12. The van der Waals surface area contributed by atoms with Crippen LogP contribution in [0.5, 0.6) is 0 Å². The highest BCUT2D eigenvalue weighted by Gasteiger charge is 2.26. The molecule has 1 saturated heterocycles. The summed E-state index contributed by atoms with van der Waals surface area (Å²) in [6.07, 6.45) is -0.162. The summed E-state index contributed by atoms with van der Waals surface area (Å²) in [5.41, 5.74) is 0. The number of hydrogen-bond donors (Lipinski definition) is 1. The van der Waals surface area contributed by atoms with Gasteiger partial charge in [0.05, 0.1) is 6.04 Å². The number of piperazine rings is 1. The lowest BCUT2D eigenvalue weighted by molar-refractivity contribution is -0.113. The molecule has 1 rings (SSSR count). The van der Waals surface area contributed by atoms with Crippen molar-refractivity contribution in [2.24, 2.45) is 0 Å². The van der Waals surface area contributed by atoms with Crippen LogP contribution in [-0.4, -0.2) is 60.0 Å². The first-order chi connectivity index (χ1) is 5.65. The van der Waals surface area contributed by atoms with Gasteiger partial charge in [-0.3, -0.25) is 4.90 Å². The lowest BCUT2D eigenvalue weighted by Crippen LogP contribution is -2.53. The van der Waals surface area contributed by atoms with Crippen molar-refractivity contribution in [1.82, 2.24) is 9.80 Å². The highest BCUT2D eigenvalue weighted by atomic mass is 16.4. The summed E-state index contributed by atoms with van der Waals surface area (Å²) >= 11 is 0. The van der Waals surface area contributed by atoms with Crippen molar-refractivity contribution in [1.29, 1.82) is 0 Å². The zero-order chi connectivity index (χ0) is 9.14. The first-order valence-electron chi connectivity index (χ1n) is 3.78. The minimum atomic E-state index is -0.949. The molecule has 12 heavy (non-hydrogen) atoms. The second-order valence-electron chi connectivity index (χ2n) is 2.91. The Labute approximate surface area is 70.6 Å². The molecule has 0 aromatic rings. The first-order valence-corrected chi connectivity index (χ1v) is 3.78. The Kier molecular flexibility index (Phi) is 2.65. The summed E-state index contributed by atoms with van der Waals surface area (Å²) in [7, 11) is 1.82. The van der Waals surface area contributed by atoms with Crippen molar-refractivity contribution in [2.45, 2.75) is 6.04 Å². The Morgan fingerprint density at radius 2 is 2.25 bits per heavy atom. The van der Waals surface area contributed by atoms with Crippen molar-refractivity contribution in [3.05, 3.63) is 0 Å². The highest BCUT2D eigenvalue weighted by Crippen LogP contribution is 2.05. The van der Waals surface area contributed by atoms with Gasteiger partial charge in [-0.1, -0.05) is 0 Å². The van der Waals surface area contributed by atoms with E-state index in [-0.39, 0.29) is 12.6 Å². The lowest BCUT2D eigenvalue weighted by Gasteiger charge is -2.34. The van der Waals surface area contributed by atoms with Crippen LogP contribution in [0.25, 0.3) is 0 Å². The van der Waals surface area contributed by atoms with Crippen LogP contribution in [0.2, 0.25) is 0 Å². The van der Waals surface area contributed by atoms with Crippen LogP contribution in [0.4, 0.5) is 4.79 Å². The van der Waals surface area contributed by atoms with Gasteiger partial charge in [-0.2, -0.15) is 0 Å². The maximum absolute atomic E-state index is 10.5. The van der Waals surface area contributed by atoms with Gasteiger partial charge in [0.15, 0.2) is 0 Å². The van der Waals surface area contributed by atoms with Crippen LogP contribution in [0, 0.1) is 0 Å². The highest BCUT2D eigenvalue weighted by molar-refractivity contribution is 5.67. The molecule has 0 aromatic carbocycles. The van der Waals surface area contributed by atoms with Gasteiger partial charge in [0.1, 0.15) is 6.29 Å². The Hall–Kier alpha value is -1.10. The van der Waals surface area contributed by atoms with Crippen LogP contribution >= 0.6 is 0 Å². The molecular formula is C7H12N2O3. The number of nitrogens with zero attached hydrogens (tertiary/aromatic N) is 2. The molecule has 0 unspecified atom stereocenters. The van der Waals surface area contributed by atoms with Crippen LogP contribution in [0.3, 0.4) is 0 Å². The predicted octanol–water partition coefficient (Wildman–Crippen LogP) is -0.521. The molecule has 1 fully saturated rings. The maximum Gasteiger partial charge on any atom is 0.407 e. The van der Waals surface area contributed by atoms with E-state index in [0.717, 1.165) is 6.29 Å². The zero-order valence-electron chi connectivity index (χ0n) is 6.93. The van der Waals surface area contributed by atoms with E-state index in [1.807, 2.05) is 11.9 Å². The summed E-state index contributed by atoms with van der Waals surface area (Å²) in [5.74, 6) is 0. The summed E-state index contributed by atoms with van der Waals surface area (Å²) in [6, 6.07) is -0.283. The fourth-order valence-corrected chi connectivity index (χ4v) is 1.22. The summed E-state index contributed by atoms with van der Waals surface area (Å²) in [4.78, 5) is 24.1. The second-order valence-corrected chi connectivity index (χ2v) is 2.91. The van der Waals surface area contributed by atoms with Gasteiger partial charge < -0.3 is 14.8 Å². The summed E-state index contributed by atoms with van der Waals surface area (Å²) in [6.45, 7) is 1.39. The van der Waals surface area contributed by atoms with Gasteiger partial charge >= 0.3 is 6.09 Å². The van der Waals surface area contributed by atoms with E-state index in [4.69, 9.17) is 5.11 Å². The minimum Gasteiger partial charge on any atom is -0.465 e. The summed E-state index contributed by atoms with van der Waals surface area (Å²) in [5, 5.41) is 8.63. The third kappa shape index (κ3) is 1.73. The number of carboxylic acid groups (broad SMARTS) is 1. The SMILES string of the molecule is CN1CCN(C(=O)O)C[C@H]1C=O. The van der Waals surface area contributed by atoms with Crippen LogP contribution in [-0.2, 0) is 4.79 Å². The van der Waals surface area contributed by atoms with Crippen molar-refractivity contribution >= 4 is 12.4 Å². The molecule has 0 aromatic heterocycles. The zero-order valence-corrected chi connectivity index (χ0v) is 6.93. The molecule has 1 amide bonds. The quantitative estimate of drug-likeness (QED) is 0.540. The van der Waals surface area contributed by atoms with Crippen molar-refractivity contribution in [3.8, 4) is 0 Å². The standard InChI is InChI=1S/C7H12N2O3/c1-8-2-3-9(7(11)12)4-6(8)5-10/h5-6H,2-4H2,1H3,(H,11,12)/t6-/m0/s1. The van der Waals surface area contributed by atoms with E-state index >= 15 is 0 Å². The molecule has 1 atom stereocenters. The number of hydrogen-bond acceptors (Lipinski definition) is 3. The summed E-state index contributed by atoms with van der Waals surface area (Å²) < 4.78 is 0. The molecule has 1 aliphatic heterocycles. The third-order valence-corrected chi connectivity index (χ3v) is 2.12. The first kappa shape index (κ1) is 8.99. The molecule has 5 nitrogen and oxygen atoms in total. The molecule has 1 N–H and O–H groups in total. The van der Waals surface area contributed by atoms with Crippen molar-refractivity contribution in [3.63, 3.8) is 0 Å². The molecule has 1 heterocycles. The van der Waals surface area contributed by atoms with E-state index in [1.54, 1.807) is 0 Å². The number of carbonyl (C=O) groups is 2. The molecule has 5 heteroatoms. The van der Waals surface area contributed by atoms with Gasteiger partial charge in [-0.05, 0) is 7.05 Å². The molecule has 0 radical (unpaired) electrons. The average Bonchev–Trinajstić information content (AvgIpc) is 2.05. The fraction of sp³-hybridized carbons (Fsp3) is 0.714. The fourth-order valence-electron chi connectivity index (χ4n) is 1.22. The predicted molar refractivity (Wildman–Crippen MR) is 42.1 cm³/mol. The smallest absolute Gasteiger partial charge is 0.407 e. The molecule has 68 valence electrons. The molecule has 0 bridgehead atoms. The van der Waals surface area contributed by atoms with Gasteiger partial charge in [-0.15, -0.1) is 0 Å². The van der Waals surface area contributed by atoms with Gasteiger partial charge in [0.25, 0.3) is 0 Å². The average molecular weight is 172 g/mol. The largest absolute Gasteiger partial charge is 0.465 e. The van der Waals surface area contributed by atoms with E-state index in [1.165, 1.54) is 4.90 Å². The van der Waals surface area contributed by atoms with Crippen LogP contribution in [0.1, 0.15) is 0 Å². The maximum atomic E-state index is 10.5. The topological polar surface area (TPSA) is 60.9 Å². The van der Waals surface area contributed by atoms with E-state index < -0.39 is 6.09 Å². The minimum absolute atomic E-state index is 0.283. The molecule has 0 saturated carbocycles. The van der Waals surface area contributed by atoms with Crippen LogP contribution < -0.4 is 0 Å². The van der Waals surface area contributed by atoms with Crippen LogP contribution in [0.15, 0.2) is 0 Å². The lowest BCUT2D eigenvalue weighted by atomic mass is 10.2. The number of aldehydes is 1. The number of likely N-dealkylation sites (N-methyl/N-ethyl adjacent to an activating group) is 1. The molecule has 0 aliphatic carbocycles. The van der Waals surface area contributed by atoms with Gasteiger partial charge in [0.2, 0.25) is 0 Å². The Balaban J connectivity index is 2.55. The number of rotatable bonds is 1. The normalized spacial score (nSPS) is 25.4. The molecular weight excluding hydrogens is 160 g/mol. The second kappa shape index (κ2) is 3.53.